The van der Waals surface area contributed by atoms with Crippen LogP contribution in [0.5, 0.6) is 0 Å². The third-order valence-electron chi connectivity index (χ3n) is 1.57. The molecule has 12 heavy (non-hydrogen) atoms. The fourth-order valence-electron chi connectivity index (χ4n) is 0.834. The van der Waals surface area contributed by atoms with Gasteiger partial charge in [0, 0.05) is 6.54 Å². The second kappa shape index (κ2) is 3.70. The van der Waals surface area contributed by atoms with Crippen LogP contribution in [0.4, 0.5) is 4.39 Å². The fourth-order valence-corrected chi connectivity index (χ4v) is 1.01. The first kappa shape index (κ1) is 9.23. The van der Waals surface area contributed by atoms with Crippen LogP contribution in [0.3, 0.4) is 0 Å². The molecule has 0 atom stereocenters. The highest BCUT2D eigenvalue weighted by Gasteiger charge is 2.01. The summed E-state index contributed by atoms with van der Waals surface area (Å²) < 4.78 is 12.7. The second-order valence-electron chi connectivity index (χ2n) is 2.44. The van der Waals surface area contributed by atoms with Crippen molar-refractivity contribution >= 4 is 17.2 Å². The van der Waals surface area contributed by atoms with Crippen molar-refractivity contribution in [2.45, 2.75) is 0 Å². The third-order valence-corrected chi connectivity index (χ3v) is 1.86. The SMILES string of the molecule is C=C(CN)c1ccc(F)c(Cl)c1. The predicted molar refractivity (Wildman–Crippen MR) is 49.5 cm³/mol. The Hall–Kier alpha value is -0.860. The van der Waals surface area contributed by atoms with Gasteiger partial charge in [0.05, 0.1) is 5.02 Å². The van der Waals surface area contributed by atoms with Crippen LogP contribution in [0, 0.1) is 5.82 Å². The highest BCUT2D eigenvalue weighted by atomic mass is 35.5. The molecule has 1 aromatic carbocycles. The Kier molecular flexibility index (Phi) is 2.84. The Bertz CT molecular complexity index is 309. The predicted octanol–water partition coefficient (Wildman–Crippen LogP) is 2.45. The van der Waals surface area contributed by atoms with E-state index in [2.05, 4.69) is 6.58 Å². The van der Waals surface area contributed by atoms with Gasteiger partial charge in [-0.3, -0.25) is 0 Å². The van der Waals surface area contributed by atoms with Crippen LogP contribution >= 0.6 is 11.6 Å². The summed E-state index contributed by atoms with van der Waals surface area (Å²) in [4.78, 5) is 0. The highest BCUT2D eigenvalue weighted by Crippen LogP contribution is 2.19. The van der Waals surface area contributed by atoms with E-state index >= 15 is 0 Å². The highest BCUT2D eigenvalue weighted by molar-refractivity contribution is 6.30. The maximum Gasteiger partial charge on any atom is 0.141 e. The van der Waals surface area contributed by atoms with Gasteiger partial charge in [-0.1, -0.05) is 24.2 Å². The van der Waals surface area contributed by atoms with Gasteiger partial charge in [0.25, 0.3) is 0 Å². The number of hydrogen-bond acceptors (Lipinski definition) is 1. The summed E-state index contributed by atoms with van der Waals surface area (Å²) >= 11 is 5.56. The molecule has 0 aliphatic heterocycles. The molecule has 1 nitrogen and oxygen atoms in total. The molecule has 0 aromatic heterocycles. The van der Waals surface area contributed by atoms with E-state index in [4.69, 9.17) is 17.3 Å². The van der Waals surface area contributed by atoms with Gasteiger partial charge in [0.2, 0.25) is 0 Å². The van der Waals surface area contributed by atoms with Crippen molar-refractivity contribution in [1.29, 1.82) is 0 Å². The number of halogens is 2. The molecule has 3 heteroatoms. The molecular formula is C9H9ClFN. The first-order valence-electron chi connectivity index (χ1n) is 3.48. The average molecular weight is 186 g/mol. The summed E-state index contributed by atoms with van der Waals surface area (Å²) in [6.07, 6.45) is 0. The summed E-state index contributed by atoms with van der Waals surface area (Å²) in [6.45, 7) is 4.06. The maximum atomic E-state index is 12.7. The van der Waals surface area contributed by atoms with Crippen LogP contribution in [-0.2, 0) is 0 Å². The number of benzene rings is 1. The van der Waals surface area contributed by atoms with E-state index in [1.54, 1.807) is 6.07 Å². The van der Waals surface area contributed by atoms with Gasteiger partial charge in [-0.15, -0.1) is 0 Å². The Morgan fingerprint density at radius 1 is 1.58 bits per heavy atom. The van der Waals surface area contributed by atoms with Gasteiger partial charge < -0.3 is 5.73 Å². The molecule has 0 unspecified atom stereocenters. The van der Waals surface area contributed by atoms with E-state index in [-0.39, 0.29) is 5.02 Å². The zero-order valence-corrected chi connectivity index (χ0v) is 7.24. The quantitative estimate of drug-likeness (QED) is 0.753. The molecule has 0 aliphatic carbocycles. The molecule has 0 aliphatic rings. The van der Waals surface area contributed by atoms with E-state index in [0.717, 1.165) is 11.1 Å². The lowest BCUT2D eigenvalue weighted by Gasteiger charge is -2.02. The molecule has 64 valence electrons. The van der Waals surface area contributed by atoms with Crippen molar-refractivity contribution in [1.82, 2.24) is 0 Å². The van der Waals surface area contributed by atoms with Crippen molar-refractivity contribution < 1.29 is 4.39 Å². The lowest BCUT2D eigenvalue weighted by atomic mass is 10.1. The molecule has 0 amide bonds. The summed E-state index contributed by atoms with van der Waals surface area (Å²) in [5.74, 6) is -0.426. The molecule has 0 bridgehead atoms. The number of nitrogens with two attached hydrogens (primary N) is 1. The molecule has 2 N–H and O–H groups in total. The molecule has 1 aromatic rings. The molecule has 0 saturated carbocycles. The number of rotatable bonds is 2. The van der Waals surface area contributed by atoms with Crippen LogP contribution in [-0.4, -0.2) is 6.54 Å². The Balaban J connectivity index is 3.05. The average Bonchev–Trinajstić information content (AvgIpc) is 2.08. The smallest absolute Gasteiger partial charge is 0.141 e. The minimum Gasteiger partial charge on any atom is -0.326 e. The van der Waals surface area contributed by atoms with E-state index in [9.17, 15) is 4.39 Å². The van der Waals surface area contributed by atoms with E-state index in [0.29, 0.717) is 6.54 Å². The molecular weight excluding hydrogens is 177 g/mol. The third kappa shape index (κ3) is 1.84. The molecule has 0 radical (unpaired) electrons. The van der Waals surface area contributed by atoms with E-state index in [1.165, 1.54) is 12.1 Å². The zero-order chi connectivity index (χ0) is 9.14. The van der Waals surface area contributed by atoms with Crippen LogP contribution in [0.1, 0.15) is 5.56 Å². The fraction of sp³-hybridized carbons (Fsp3) is 0.111. The van der Waals surface area contributed by atoms with Gasteiger partial charge in [-0.05, 0) is 23.3 Å². The number of hydrogen-bond donors (Lipinski definition) is 1. The molecule has 0 fully saturated rings. The van der Waals surface area contributed by atoms with Crippen LogP contribution < -0.4 is 5.73 Å². The standard InChI is InChI=1S/C9H9ClFN/c1-6(5-12)7-2-3-9(11)8(10)4-7/h2-4H,1,5,12H2. The van der Waals surface area contributed by atoms with E-state index < -0.39 is 5.82 Å². The Morgan fingerprint density at radius 3 is 2.75 bits per heavy atom. The second-order valence-corrected chi connectivity index (χ2v) is 2.84. The lowest BCUT2D eigenvalue weighted by Crippen LogP contribution is -2.00. The van der Waals surface area contributed by atoms with Gasteiger partial charge in [0.15, 0.2) is 0 Å². The van der Waals surface area contributed by atoms with Crippen LogP contribution in [0.15, 0.2) is 24.8 Å². The van der Waals surface area contributed by atoms with Crippen molar-refractivity contribution in [2.24, 2.45) is 5.73 Å². The Labute approximate surface area is 75.6 Å². The maximum absolute atomic E-state index is 12.7. The first-order valence-corrected chi connectivity index (χ1v) is 3.86. The molecule has 1 rings (SSSR count). The summed E-state index contributed by atoms with van der Waals surface area (Å²) in [5, 5.41) is 0.0992. The van der Waals surface area contributed by atoms with Crippen molar-refractivity contribution in [3.63, 3.8) is 0 Å². The summed E-state index contributed by atoms with van der Waals surface area (Å²) in [6, 6.07) is 4.43. The monoisotopic (exact) mass is 185 g/mol. The molecule has 0 heterocycles. The first-order chi connectivity index (χ1) is 5.65. The topological polar surface area (TPSA) is 26.0 Å². The largest absolute Gasteiger partial charge is 0.326 e. The zero-order valence-electron chi connectivity index (χ0n) is 6.48. The van der Waals surface area contributed by atoms with Gasteiger partial charge in [0.1, 0.15) is 5.82 Å². The normalized spacial score (nSPS) is 9.92. The molecule has 0 spiro atoms. The van der Waals surface area contributed by atoms with Crippen LogP contribution in [0.25, 0.3) is 5.57 Å². The Morgan fingerprint density at radius 2 is 2.25 bits per heavy atom. The summed E-state index contributed by atoms with van der Waals surface area (Å²) in [5.41, 5.74) is 6.88. The van der Waals surface area contributed by atoms with Gasteiger partial charge in [-0.2, -0.15) is 0 Å². The minimum absolute atomic E-state index is 0.0992. The van der Waals surface area contributed by atoms with E-state index in [1.807, 2.05) is 0 Å². The van der Waals surface area contributed by atoms with Crippen molar-refractivity contribution in [3.8, 4) is 0 Å². The summed E-state index contributed by atoms with van der Waals surface area (Å²) in [7, 11) is 0. The van der Waals surface area contributed by atoms with Crippen LogP contribution in [0.2, 0.25) is 5.02 Å². The van der Waals surface area contributed by atoms with Gasteiger partial charge >= 0.3 is 0 Å². The van der Waals surface area contributed by atoms with Gasteiger partial charge in [-0.25, -0.2) is 4.39 Å². The molecule has 0 saturated heterocycles. The van der Waals surface area contributed by atoms with Crippen molar-refractivity contribution in [3.05, 3.63) is 41.2 Å². The minimum atomic E-state index is -0.426. The van der Waals surface area contributed by atoms with Crippen molar-refractivity contribution in [2.75, 3.05) is 6.54 Å². The lowest BCUT2D eigenvalue weighted by molar-refractivity contribution is 0.628.